The first kappa shape index (κ1) is 44.6. The number of likely N-dealkylation sites (N-methyl/N-ethyl adjacent to an activating group) is 1. The fourth-order valence-electron chi connectivity index (χ4n) is 9.90. The summed E-state index contributed by atoms with van der Waals surface area (Å²) in [6.07, 6.45) is 11.9. The topological polar surface area (TPSA) is 175 Å². The smallest absolute Gasteiger partial charge is 0.329 e. The third kappa shape index (κ3) is 10.4. The minimum atomic E-state index is -2.87. The van der Waals surface area contributed by atoms with Crippen LogP contribution in [-0.4, -0.2) is 109 Å². The van der Waals surface area contributed by atoms with Crippen LogP contribution >= 0.6 is 0 Å². The second-order valence-corrected chi connectivity index (χ2v) is 18.5. The van der Waals surface area contributed by atoms with Gasteiger partial charge in [-0.05, 0) is 113 Å². The quantitative estimate of drug-likeness (QED) is 0.103. The predicted molar refractivity (Wildman–Crippen MR) is 238 cm³/mol. The highest BCUT2D eigenvalue weighted by molar-refractivity contribution is 6.03. The number of imidazole rings is 1. The molecule has 1 unspecified atom stereocenters. The minimum absolute atomic E-state index is 0.0105. The Bertz CT molecular complexity index is 2570. The average molecular weight is 897 g/mol. The Morgan fingerprint density at radius 1 is 1.00 bits per heavy atom. The number of alkyl halides is 2. The molecule has 346 valence electrons. The molecule has 0 spiro atoms. The molecule has 3 amide bonds. The number of ether oxygens (including phenoxy) is 1. The van der Waals surface area contributed by atoms with Crippen molar-refractivity contribution in [2.24, 2.45) is 18.9 Å². The van der Waals surface area contributed by atoms with Gasteiger partial charge in [-0.15, -0.1) is 0 Å². The van der Waals surface area contributed by atoms with E-state index in [-0.39, 0.29) is 47.4 Å². The lowest BCUT2D eigenvalue weighted by atomic mass is 9.86. The molecule has 0 bridgehead atoms. The van der Waals surface area contributed by atoms with Gasteiger partial charge in [0.15, 0.2) is 11.4 Å². The second kappa shape index (κ2) is 19.5. The Morgan fingerprint density at radius 3 is 2.60 bits per heavy atom. The molecule has 2 N–H and O–H groups in total. The van der Waals surface area contributed by atoms with Crippen molar-refractivity contribution in [3.8, 4) is 11.5 Å². The van der Waals surface area contributed by atoms with Gasteiger partial charge in [-0.2, -0.15) is 5.10 Å². The fraction of sp³-hybridized carbons (Fsp3) is 0.553. The number of anilines is 1. The van der Waals surface area contributed by atoms with Gasteiger partial charge in [-0.1, -0.05) is 18.9 Å². The molecule has 2 aliphatic heterocycles. The number of pyridine rings is 1. The van der Waals surface area contributed by atoms with E-state index in [1.807, 2.05) is 24.3 Å². The van der Waals surface area contributed by atoms with Gasteiger partial charge in [-0.25, -0.2) is 18.6 Å². The number of carbonyl (C=O) groups is 3. The Kier molecular flexibility index (Phi) is 13.4. The minimum Gasteiger partial charge on any atom is -0.444 e. The third-order valence-corrected chi connectivity index (χ3v) is 13.6. The number of benzene rings is 1. The molecule has 18 heteroatoms. The summed E-state index contributed by atoms with van der Waals surface area (Å²) in [5.74, 6) is 0.106. The van der Waals surface area contributed by atoms with E-state index >= 15 is 0 Å². The number of imide groups is 1. The van der Waals surface area contributed by atoms with Crippen LogP contribution in [0.5, 0.6) is 0 Å². The maximum Gasteiger partial charge on any atom is 0.329 e. The molecule has 5 aromatic rings. The number of carbonyl (C=O) groups excluding carboxylic acids is 3. The molecule has 6 heterocycles. The number of oxazole rings is 1. The van der Waals surface area contributed by atoms with Crippen molar-refractivity contribution < 1.29 is 32.3 Å². The largest absolute Gasteiger partial charge is 0.444 e. The molecule has 2 atom stereocenters. The van der Waals surface area contributed by atoms with Gasteiger partial charge < -0.3 is 19.4 Å². The molecular formula is C47H58F2N10O6. The van der Waals surface area contributed by atoms with Crippen LogP contribution < -0.4 is 16.3 Å². The summed E-state index contributed by atoms with van der Waals surface area (Å²) in [4.78, 5) is 64.3. The number of fused-ring (bicyclic) bond motifs is 1. The van der Waals surface area contributed by atoms with Crippen LogP contribution in [0.3, 0.4) is 0 Å². The Balaban J connectivity index is 0.720. The maximum absolute atomic E-state index is 14.2. The fourth-order valence-corrected chi connectivity index (χ4v) is 9.90. The molecule has 4 aliphatic rings. The van der Waals surface area contributed by atoms with Crippen molar-refractivity contribution in [2.45, 2.75) is 102 Å². The van der Waals surface area contributed by atoms with Gasteiger partial charge in [0.2, 0.25) is 17.7 Å². The number of halogens is 2. The zero-order chi connectivity index (χ0) is 45.2. The molecule has 2 aliphatic carbocycles. The van der Waals surface area contributed by atoms with E-state index in [1.165, 1.54) is 29.9 Å². The van der Waals surface area contributed by atoms with Gasteiger partial charge in [0.05, 0.1) is 35.5 Å². The Hall–Kier alpha value is -5.59. The number of nitrogens with one attached hydrogen (secondary N) is 2. The molecule has 2 saturated heterocycles. The lowest BCUT2D eigenvalue weighted by Gasteiger charge is -2.36. The van der Waals surface area contributed by atoms with Gasteiger partial charge in [0, 0.05) is 63.3 Å². The first-order chi connectivity index (χ1) is 31.4. The van der Waals surface area contributed by atoms with Gasteiger partial charge >= 0.3 is 5.69 Å². The standard InChI is InChI=1S/C47H58F2N10O6/c1-55(25-35-26-57(20-21-64-35)19-3-4-30-10-14-38-40(22-30)56(2)47(63)59(38)39-15-16-41(60)53-45(39)62)24-31-8-12-34(13-9-31)58-27-36(42(54-58)43(48)49)51-44(61)37-28-65-46(52-37)32-17-18-50-33(23-32)11-7-29-5-6-29/h10,14,17-18,22-23,27-29,31,34-35,39,43H,3-9,11-13,15-16,19-21,24-26H2,1-2H3,(H,51,61)(H,53,60,62)/t31?,34?,35-,39?/m0/s1. The number of aryl methyl sites for hydroxylation is 3. The molecule has 2 saturated carbocycles. The third-order valence-electron chi connectivity index (χ3n) is 13.6. The van der Waals surface area contributed by atoms with E-state index < -0.39 is 30.0 Å². The highest BCUT2D eigenvalue weighted by Crippen LogP contribution is 2.36. The zero-order valence-corrected chi connectivity index (χ0v) is 37.1. The normalized spacial score (nSPS) is 22.0. The van der Waals surface area contributed by atoms with Crippen LogP contribution in [0, 0.1) is 11.8 Å². The van der Waals surface area contributed by atoms with Crippen LogP contribution in [0.15, 0.2) is 58.2 Å². The molecule has 4 aromatic heterocycles. The predicted octanol–water partition coefficient (Wildman–Crippen LogP) is 6.09. The first-order valence-corrected chi connectivity index (χ1v) is 23.1. The number of rotatable bonds is 17. The summed E-state index contributed by atoms with van der Waals surface area (Å²) in [5.41, 5.74) is 3.45. The van der Waals surface area contributed by atoms with E-state index in [9.17, 15) is 28.0 Å². The van der Waals surface area contributed by atoms with E-state index in [0.717, 1.165) is 107 Å². The monoisotopic (exact) mass is 896 g/mol. The second-order valence-electron chi connectivity index (χ2n) is 18.5. The maximum atomic E-state index is 14.2. The van der Waals surface area contributed by atoms with Crippen LogP contribution in [0.2, 0.25) is 0 Å². The SMILES string of the molecule is CN(CC1CCC(n2cc(NC(=O)c3coc(-c4ccnc(CCC5CC5)c4)n3)c(C(F)F)n2)CC1)C[C@H]1CN(CCCc2ccc3c(c2)n(C)c(=O)n3C2CCC(=O)NC2=O)CCO1. The molecule has 65 heavy (non-hydrogen) atoms. The van der Waals surface area contributed by atoms with Crippen LogP contribution in [0.1, 0.15) is 110 Å². The molecule has 4 fully saturated rings. The summed E-state index contributed by atoms with van der Waals surface area (Å²) in [5, 5.41) is 9.23. The van der Waals surface area contributed by atoms with Crippen LogP contribution in [0.4, 0.5) is 14.5 Å². The summed E-state index contributed by atoms with van der Waals surface area (Å²) in [7, 11) is 3.84. The van der Waals surface area contributed by atoms with Crippen molar-refractivity contribution in [3.63, 3.8) is 0 Å². The highest BCUT2D eigenvalue weighted by Gasteiger charge is 2.32. The molecular weight excluding hydrogens is 839 g/mol. The number of piperidine rings is 1. The number of morpholine rings is 1. The van der Waals surface area contributed by atoms with E-state index in [4.69, 9.17) is 9.15 Å². The first-order valence-electron chi connectivity index (χ1n) is 23.1. The number of nitrogens with zero attached hydrogens (tertiary/aromatic N) is 8. The van der Waals surface area contributed by atoms with Crippen molar-refractivity contribution in [3.05, 3.63) is 82.1 Å². The summed E-state index contributed by atoms with van der Waals surface area (Å²) < 4.78 is 44.9. The van der Waals surface area contributed by atoms with Gasteiger partial charge in [-0.3, -0.25) is 43.4 Å². The molecule has 1 aromatic carbocycles. The average Bonchev–Trinajstić information content (AvgIpc) is 3.71. The van der Waals surface area contributed by atoms with E-state index in [0.29, 0.717) is 30.0 Å². The van der Waals surface area contributed by atoms with Crippen LogP contribution in [0.25, 0.3) is 22.5 Å². The lowest BCUT2D eigenvalue weighted by Crippen LogP contribution is -2.47. The van der Waals surface area contributed by atoms with Gasteiger partial charge in [0.25, 0.3) is 12.3 Å². The van der Waals surface area contributed by atoms with Crippen molar-refractivity contribution >= 4 is 34.4 Å². The number of hydrogen-bond acceptors (Lipinski definition) is 11. The number of amides is 3. The van der Waals surface area contributed by atoms with E-state index in [2.05, 4.69) is 42.5 Å². The Morgan fingerprint density at radius 2 is 1.82 bits per heavy atom. The number of hydrogen-bond donors (Lipinski definition) is 2. The van der Waals surface area contributed by atoms with Crippen molar-refractivity contribution in [1.29, 1.82) is 0 Å². The summed E-state index contributed by atoms with van der Waals surface area (Å²) in [6.45, 7) is 5.02. The Labute approximate surface area is 375 Å². The van der Waals surface area contributed by atoms with Crippen molar-refractivity contribution in [2.75, 3.05) is 51.7 Å². The number of aromatic nitrogens is 6. The molecule has 16 nitrogen and oxygen atoms in total. The highest BCUT2D eigenvalue weighted by atomic mass is 19.3. The zero-order valence-electron chi connectivity index (χ0n) is 37.1. The molecule has 9 rings (SSSR count). The summed E-state index contributed by atoms with van der Waals surface area (Å²) in [6, 6.07) is 8.89. The van der Waals surface area contributed by atoms with Crippen molar-refractivity contribution in [1.82, 2.24) is 44.0 Å². The lowest BCUT2D eigenvalue weighted by molar-refractivity contribution is -0.135. The van der Waals surface area contributed by atoms with Crippen LogP contribution in [-0.2, 0) is 34.2 Å². The van der Waals surface area contributed by atoms with E-state index in [1.54, 1.807) is 28.6 Å². The molecule has 0 radical (unpaired) electrons. The van der Waals surface area contributed by atoms with Gasteiger partial charge in [0.1, 0.15) is 12.3 Å². The summed E-state index contributed by atoms with van der Waals surface area (Å²) >= 11 is 0.